The molecule has 0 bridgehead atoms. The van der Waals surface area contributed by atoms with Gasteiger partial charge in [-0.05, 0) is 72.1 Å². The molecule has 0 radical (unpaired) electrons. The zero-order chi connectivity index (χ0) is 22.3. The number of nitrogens with one attached hydrogen (secondary N) is 2. The molecule has 0 aromatic heterocycles. The molecule has 0 heterocycles. The zero-order valence-electron chi connectivity index (χ0n) is 17.4. The first-order valence-corrected chi connectivity index (χ1v) is 10.3. The Kier molecular flexibility index (Phi) is 6.28. The van der Waals surface area contributed by atoms with E-state index in [0.717, 1.165) is 28.9 Å². The highest BCUT2D eigenvalue weighted by atomic mass is 16.2. The number of rotatable bonds is 6. The largest absolute Gasteiger partial charge is 0.398 e. The van der Waals surface area contributed by atoms with E-state index in [9.17, 15) is 9.59 Å². The first-order chi connectivity index (χ1) is 15.6. The second kappa shape index (κ2) is 9.62. The maximum Gasteiger partial charge on any atom is 0.255 e. The summed E-state index contributed by atoms with van der Waals surface area (Å²) < 4.78 is 0. The maximum absolute atomic E-state index is 12.6. The van der Waals surface area contributed by atoms with Crippen molar-refractivity contribution >= 4 is 28.9 Å². The molecule has 4 rings (SSSR count). The Labute approximate surface area is 186 Å². The molecule has 0 aliphatic heterocycles. The number of benzene rings is 4. The van der Waals surface area contributed by atoms with Crippen LogP contribution in [0.15, 0.2) is 103 Å². The Morgan fingerprint density at radius 3 is 1.66 bits per heavy atom. The number of hydrogen-bond acceptors (Lipinski definition) is 3. The average molecular weight is 422 g/mol. The quantitative estimate of drug-likeness (QED) is 0.366. The van der Waals surface area contributed by atoms with Gasteiger partial charge < -0.3 is 16.4 Å². The highest BCUT2D eigenvalue weighted by molar-refractivity contribution is 6.07. The summed E-state index contributed by atoms with van der Waals surface area (Å²) >= 11 is 0. The van der Waals surface area contributed by atoms with Gasteiger partial charge in [-0.1, -0.05) is 48.5 Å². The van der Waals surface area contributed by atoms with Gasteiger partial charge in [0.2, 0.25) is 0 Å². The van der Waals surface area contributed by atoms with Crippen LogP contribution >= 0.6 is 0 Å². The molecule has 5 nitrogen and oxygen atoms in total. The average Bonchev–Trinajstić information content (AvgIpc) is 2.82. The van der Waals surface area contributed by atoms with Crippen molar-refractivity contribution in [3.63, 3.8) is 0 Å². The van der Waals surface area contributed by atoms with E-state index >= 15 is 0 Å². The van der Waals surface area contributed by atoms with Gasteiger partial charge >= 0.3 is 0 Å². The van der Waals surface area contributed by atoms with Crippen LogP contribution in [0.3, 0.4) is 0 Å². The molecule has 0 saturated heterocycles. The molecule has 4 N–H and O–H groups in total. The van der Waals surface area contributed by atoms with E-state index in [0.29, 0.717) is 16.8 Å². The lowest BCUT2D eigenvalue weighted by Crippen LogP contribution is -2.14. The van der Waals surface area contributed by atoms with Crippen LogP contribution in [0.4, 0.5) is 17.1 Å². The van der Waals surface area contributed by atoms with Crippen LogP contribution in [0.1, 0.15) is 31.8 Å². The maximum atomic E-state index is 12.6. The molecule has 32 heavy (non-hydrogen) atoms. The predicted molar refractivity (Wildman–Crippen MR) is 129 cm³/mol. The van der Waals surface area contributed by atoms with E-state index in [1.165, 1.54) is 0 Å². The molecular weight excluding hydrogens is 398 g/mol. The molecule has 0 aliphatic rings. The molecule has 5 heteroatoms. The molecule has 0 fully saturated rings. The van der Waals surface area contributed by atoms with Gasteiger partial charge in [-0.3, -0.25) is 9.59 Å². The Morgan fingerprint density at radius 1 is 0.594 bits per heavy atom. The van der Waals surface area contributed by atoms with E-state index in [1.807, 2.05) is 78.9 Å². The van der Waals surface area contributed by atoms with E-state index in [1.54, 1.807) is 24.3 Å². The topological polar surface area (TPSA) is 84.2 Å². The van der Waals surface area contributed by atoms with Gasteiger partial charge in [0, 0.05) is 28.2 Å². The highest BCUT2D eigenvalue weighted by Crippen LogP contribution is 2.18. The lowest BCUT2D eigenvalue weighted by Gasteiger charge is -2.09. The van der Waals surface area contributed by atoms with Crippen molar-refractivity contribution in [2.24, 2.45) is 0 Å². The number of nitrogens with two attached hydrogens (primary N) is 1. The van der Waals surface area contributed by atoms with E-state index in [-0.39, 0.29) is 11.8 Å². The van der Waals surface area contributed by atoms with E-state index in [2.05, 4.69) is 10.6 Å². The number of para-hydroxylation sites is 2. The van der Waals surface area contributed by atoms with Crippen molar-refractivity contribution in [3.05, 3.63) is 125 Å². The van der Waals surface area contributed by atoms with Crippen LogP contribution in [0.2, 0.25) is 0 Å². The summed E-state index contributed by atoms with van der Waals surface area (Å²) in [4.78, 5) is 24.9. The third kappa shape index (κ3) is 5.21. The van der Waals surface area contributed by atoms with Crippen LogP contribution in [-0.2, 0) is 6.42 Å². The summed E-state index contributed by atoms with van der Waals surface area (Å²) in [6.07, 6.45) is 0.730. The fourth-order valence-corrected chi connectivity index (χ4v) is 3.32. The smallest absolute Gasteiger partial charge is 0.255 e. The first kappa shape index (κ1) is 20.9. The van der Waals surface area contributed by atoms with Crippen LogP contribution in [0, 0.1) is 0 Å². The summed E-state index contributed by atoms with van der Waals surface area (Å²) in [6, 6.07) is 31.3. The van der Waals surface area contributed by atoms with Gasteiger partial charge in [0.15, 0.2) is 0 Å². The third-order valence-electron chi connectivity index (χ3n) is 5.10. The van der Waals surface area contributed by atoms with Gasteiger partial charge in [0.25, 0.3) is 11.8 Å². The predicted octanol–water partition coefficient (Wildman–Crippen LogP) is 5.36. The second-order valence-electron chi connectivity index (χ2n) is 7.42. The monoisotopic (exact) mass is 421 g/mol. The van der Waals surface area contributed by atoms with Crippen molar-refractivity contribution < 1.29 is 9.59 Å². The SMILES string of the molecule is Nc1ccccc1Cc1ccc(NC(=O)c2ccc(C(=O)Nc3ccccc3)cc2)cc1. The van der Waals surface area contributed by atoms with Crippen LogP contribution < -0.4 is 16.4 Å². The summed E-state index contributed by atoms with van der Waals surface area (Å²) in [5, 5.41) is 5.71. The lowest BCUT2D eigenvalue weighted by molar-refractivity contribution is 0.101. The number of anilines is 3. The minimum absolute atomic E-state index is 0.224. The minimum atomic E-state index is -0.236. The number of carbonyl (C=O) groups excluding carboxylic acids is 2. The molecule has 0 atom stereocenters. The standard InChI is InChI=1S/C27H23N3O2/c28-25-9-5-4-6-22(25)18-19-10-16-24(17-11-19)30-27(32)21-14-12-20(13-15-21)26(31)29-23-7-2-1-3-8-23/h1-17H,18,28H2,(H,29,31)(H,30,32). The highest BCUT2D eigenvalue weighted by Gasteiger charge is 2.10. The van der Waals surface area contributed by atoms with Gasteiger partial charge in [-0.2, -0.15) is 0 Å². The van der Waals surface area contributed by atoms with E-state index < -0.39 is 0 Å². The molecule has 0 aliphatic carbocycles. The molecule has 0 unspecified atom stereocenters. The summed E-state index contributed by atoms with van der Waals surface area (Å²) in [5.74, 6) is -0.460. The first-order valence-electron chi connectivity index (χ1n) is 10.3. The van der Waals surface area contributed by atoms with Crippen molar-refractivity contribution in [3.8, 4) is 0 Å². The number of carbonyl (C=O) groups is 2. The van der Waals surface area contributed by atoms with Crippen LogP contribution in [-0.4, -0.2) is 11.8 Å². The van der Waals surface area contributed by atoms with Crippen molar-refractivity contribution in [2.75, 3.05) is 16.4 Å². The second-order valence-corrected chi connectivity index (χ2v) is 7.42. The van der Waals surface area contributed by atoms with Crippen LogP contribution in [0.25, 0.3) is 0 Å². The minimum Gasteiger partial charge on any atom is -0.398 e. The Morgan fingerprint density at radius 2 is 1.09 bits per heavy atom. The zero-order valence-corrected chi connectivity index (χ0v) is 17.4. The van der Waals surface area contributed by atoms with Crippen LogP contribution in [0.5, 0.6) is 0 Å². The Balaban J connectivity index is 1.36. The molecule has 158 valence electrons. The molecule has 2 amide bonds. The fraction of sp³-hybridized carbons (Fsp3) is 0.0370. The number of nitrogen functional groups attached to an aromatic ring is 1. The van der Waals surface area contributed by atoms with Gasteiger partial charge in [0.05, 0.1) is 0 Å². The van der Waals surface area contributed by atoms with Gasteiger partial charge in [-0.15, -0.1) is 0 Å². The molecule has 0 saturated carbocycles. The molecule has 0 spiro atoms. The Bertz CT molecular complexity index is 1220. The Hall–Kier alpha value is -4.38. The molecular formula is C27H23N3O2. The number of amides is 2. The molecule has 4 aromatic carbocycles. The van der Waals surface area contributed by atoms with Crippen molar-refractivity contribution in [1.29, 1.82) is 0 Å². The number of hydrogen-bond donors (Lipinski definition) is 3. The molecule has 4 aromatic rings. The van der Waals surface area contributed by atoms with Gasteiger partial charge in [-0.25, -0.2) is 0 Å². The van der Waals surface area contributed by atoms with Crippen molar-refractivity contribution in [2.45, 2.75) is 6.42 Å². The lowest BCUT2D eigenvalue weighted by atomic mass is 10.0. The third-order valence-corrected chi connectivity index (χ3v) is 5.10. The summed E-state index contributed by atoms with van der Waals surface area (Å²) in [7, 11) is 0. The summed E-state index contributed by atoms with van der Waals surface area (Å²) in [6.45, 7) is 0. The van der Waals surface area contributed by atoms with Gasteiger partial charge in [0.1, 0.15) is 0 Å². The van der Waals surface area contributed by atoms with Crippen molar-refractivity contribution in [1.82, 2.24) is 0 Å². The summed E-state index contributed by atoms with van der Waals surface area (Å²) in [5.41, 5.74) is 11.3. The fourth-order valence-electron chi connectivity index (χ4n) is 3.32. The van der Waals surface area contributed by atoms with E-state index in [4.69, 9.17) is 5.73 Å². The normalized spacial score (nSPS) is 10.4.